The maximum atomic E-state index is 10.6. The molecule has 2 aromatic rings. The standard InChI is InChI=1S/C17H20N2O3/c1-11-12(2)18-19(13(11)3)10-15-9-14(6-8-17(20)21)5-7-16(15)22-4/h5-9H,10H2,1-4H3,(H,20,21)/b8-6+. The van der Waals surface area contributed by atoms with Crippen LogP contribution in [-0.2, 0) is 11.3 Å². The summed E-state index contributed by atoms with van der Waals surface area (Å²) in [5.74, 6) is -0.204. The molecule has 22 heavy (non-hydrogen) atoms. The zero-order chi connectivity index (χ0) is 16.3. The van der Waals surface area contributed by atoms with Crippen molar-refractivity contribution in [3.63, 3.8) is 0 Å². The van der Waals surface area contributed by atoms with E-state index in [1.165, 1.54) is 5.56 Å². The molecule has 5 nitrogen and oxygen atoms in total. The van der Waals surface area contributed by atoms with Crippen LogP contribution in [0.3, 0.4) is 0 Å². The fourth-order valence-corrected chi connectivity index (χ4v) is 2.30. The Balaban J connectivity index is 2.37. The van der Waals surface area contributed by atoms with E-state index in [0.717, 1.165) is 34.3 Å². The molecule has 0 unspecified atom stereocenters. The van der Waals surface area contributed by atoms with E-state index in [2.05, 4.69) is 12.0 Å². The van der Waals surface area contributed by atoms with Crippen molar-refractivity contribution in [2.24, 2.45) is 0 Å². The number of hydrogen-bond donors (Lipinski definition) is 1. The first-order chi connectivity index (χ1) is 10.4. The van der Waals surface area contributed by atoms with Gasteiger partial charge in [-0.1, -0.05) is 6.07 Å². The Labute approximate surface area is 129 Å². The third kappa shape index (κ3) is 3.36. The normalized spacial score (nSPS) is 11.1. The minimum atomic E-state index is -0.966. The lowest BCUT2D eigenvalue weighted by Gasteiger charge is -2.11. The number of benzene rings is 1. The number of aryl methyl sites for hydroxylation is 1. The van der Waals surface area contributed by atoms with Crippen LogP contribution in [0.1, 0.15) is 28.1 Å². The van der Waals surface area contributed by atoms with E-state index in [-0.39, 0.29) is 0 Å². The maximum Gasteiger partial charge on any atom is 0.328 e. The van der Waals surface area contributed by atoms with Gasteiger partial charge in [-0.3, -0.25) is 4.68 Å². The highest BCUT2D eigenvalue weighted by atomic mass is 16.5. The van der Waals surface area contributed by atoms with Crippen molar-refractivity contribution in [3.05, 3.63) is 52.4 Å². The number of aromatic nitrogens is 2. The van der Waals surface area contributed by atoms with Crippen molar-refractivity contribution in [1.82, 2.24) is 9.78 Å². The molecule has 0 radical (unpaired) electrons. The van der Waals surface area contributed by atoms with E-state index in [9.17, 15) is 4.79 Å². The minimum absolute atomic E-state index is 0.582. The molecule has 2 rings (SSSR count). The number of hydrogen-bond acceptors (Lipinski definition) is 3. The first-order valence-electron chi connectivity index (χ1n) is 7.01. The van der Waals surface area contributed by atoms with Crippen molar-refractivity contribution in [3.8, 4) is 5.75 Å². The fourth-order valence-electron chi connectivity index (χ4n) is 2.30. The number of carboxylic acid groups (broad SMARTS) is 1. The van der Waals surface area contributed by atoms with Gasteiger partial charge in [0.2, 0.25) is 0 Å². The van der Waals surface area contributed by atoms with Crippen LogP contribution in [0.25, 0.3) is 6.08 Å². The Morgan fingerprint density at radius 1 is 1.36 bits per heavy atom. The molecule has 1 aromatic carbocycles. The van der Waals surface area contributed by atoms with Gasteiger partial charge in [0.05, 0.1) is 19.3 Å². The average Bonchev–Trinajstić information content (AvgIpc) is 2.72. The average molecular weight is 300 g/mol. The van der Waals surface area contributed by atoms with Gasteiger partial charge < -0.3 is 9.84 Å². The van der Waals surface area contributed by atoms with Crippen molar-refractivity contribution >= 4 is 12.0 Å². The van der Waals surface area contributed by atoms with Crippen molar-refractivity contribution in [2.45, 2.75) is 27.3 Å². The molecular formula is C17H20N2O3. The van der Waals surface area contributed by atoms with Crippen molar-refractivity contribution in [2.75, 3.05) is 7.11 Å². The quantitative estimate of drug-likeness (QED) is 0.862. The molecule has 0 amide bonds. The fraction of sp³-hybridized carbons (Fsp3) is 0.294. The summed E-state index contributed by atoms with van der Waals surface area (Å²) >= 11 is 0. The predicted octanol–water partition coefficient (Wildman–Crippen LogP) is 2.96. The Bertz CT molecular complexity index is 730. The molecular weight excluding hydrogens is 280 g/mol. The second-order valence-electron chi connectivity index (χ2n) is 5.20. The molecule has 1 aromatic heterocycles. The predicted molar refractivity (Wildman–Crippen MR) is 85.2 cm³/mol. The number of ether oxygens (including phenoxy) is 1. The van der Waals surface area contributed by atoms with Gasteiger partial charge in [0, 0.05) is 17.3 Å². The summed E-state index contributed by atoms with van der Waals surface area (Å²) in [5.41, 5.74) is 5.09. The van der Waals surface area contributed by atoms with Crippen LogP contribution in [0.5, 0.6) is 5.75 Å². The van der Waals surface area contributed by atoms with E-state index < -0.39 is 5.97 Å². The lowest BCUT2D eigenvalue weighted by atomic mass is 10.1. The molecule has 0 aliphatic heterocycles. The molecule has 0 saturated carbocycles. The molecule has 0 atom stereocenters. The van der Waals surface area contributed by atoms with Crippen molar-refractivity contribution < 1.29 is 14.6 Å². The van der Waals surface area contributed by atoms with Crippen LogP contribution in [0.15, 0.2) is 24.3 Å². The molecule has 0 saturated heterocycles. The molecule has 0 spiro atoms. The number of carbonyl (C=O) groups is 1. The number of methoxy groups -OCH3 is 1. The van der Waals surface area contributed by atoms with Crippen molar-refractivity contribution in [1.29, 1.82) is 0 Å². The lowest BCUT2D eigenvalue weighted by Crippen LogP contribution is -2.06. The highest BCUT2D eigenvalue weighted by Gasteiger charge is 2.10. The largest absolute Gasteiger partial charge is 0.496 e. The van der Waals surface area contributed by atoms with Gasteiger partial charge in [0.1, 0.15) is 5.75 Å². The highest BCUT2D eigenvalue weighted by Crippen LogP contribution is 2.23. The topological polar surface area (TPSA) is 64.3 Å². The lowest BCUT2D eigenvalue weighted by molar-refractivity contribution is -0.131. The van der Waals surface area contributed by atoms with Crippen LogP contribution in [0.2, 0.25) is 0 Å². The zero-order valence-electron chi connectivity index (χ0n) is 13.3. The summed E-state index contributed by atoms with van der Waals surface area (Å²) in [6.45, 7) is 6.66. The van der Waals surface area contributed by atoms with Gasteiger partial charge in [0.15, 0.2) is 0 Å². The van der Waals surface area contributed by atoms with Crippen LogP contribution >= 0.6 is 0 Å². The summed E-state index contributed by atoms with van der Waals surface area (Å²) in [5, 5.41) is 13.3. The minimum Gasteiger partial charge on any atom is -0.496 e. The SMILES string of the molecule is COc1ccc(/C=C/C(=O)O)cc1Cn1nc(C)c(C)c1C. The summed E-state index contributed by atoms with van der Waals surface area (Å²) in [6, 6.07) is 5.59. The Hall–Kier alpha value is -2.56. The van der Waals surface area contributed by atoms with Crippen LogP contribution in [0, 0.1) is 20.8 Å². The Morgan fingerprint density at radius 3 is 2.64 bits per heavy atom. The second kappa shape index (κ2) is 6.47. The summed E-state index contributed by atoms with van der Waals surface area (Å²) in [4.78, 5) is 10.6. The monoisotopic (exact) mass is 300 g/mol. The number of carboxylic acids is 1. The molecule has 5 heteroatoms. The Morgan fingerprint density at radius 2 is 2.09 bits per heavy atom. The van der Waals surface area contributed by atoms with Crippen LogP contribution < -0.4 is 4.74 Å². The summed E-state index contributed by atoms with van der Waals surface area (Å²) in [7, 11) is 1.62. The first kappa shape index (κ1) is 15.8. The van der Waals surface area contributed by atoms with E-state index in [4.69, 9.17) is 9.84 Å². The molecule has 0 aliphatic rings. The van der Waals surface area contributed by atoms with Gasteiger partial charge in [-0.15, -0.1) is 0 Å². The first-order valence-corrected chi connectivity index (χ1v) is 7.01. The highest BCUT2D eigenvalue weighted by molar-refractivity contribution is 5.85. The van der Waals surface area contributed by atoms with E-state index in [1.807, 2.05) is 36.7 Å². The summed E-state index contributed by atoms with van der Waals surface area (Å²) < 4.78 is 7.33. The van der Waals surface area contributed by atoms with Gasteiger partial charge in [-0.2, -0.15) is 5.10 Å². The molecule has 0 aliphatic carbocycles. The van der Waals surface area contributed by atoms with Crippen LogP contribution in [0.4, 0.5) is 0 Å². The Kier molecular flexibility index (Phi) is 4.65. The maximum absolute atomic E-state index is 10.6. The molecule has 0 bridgehead atoms. The number of nitrogens with zero attached hydrogens (tertiary/aromatic N) is 2. The number of rotatable bonds is 5. The molecule has 0 fully saturated rings. The summed E-state index contributed by atoms with van der Waals surface area (Å²) in [6.07, 6.45) is 2.69. The van der Waals surface area contributed by atoms with E-state index in [1.54, 1.807) is 13.2 Å². The van der Waals surface area contributed by atoms with Gasteiger partial charge in [-0.05, 0) is 50.1 Å². The van der Waals surface area contributed by atoms with Crippen LogP contribution in [-0.4, -0.2) is 28.0 Å². The third-order valence-electron chi connectivity index (χ3n) is 3.79. The number of aliphatic carboxylic acids is 1. The molecule has 1 N–H and O–H groups in total. The second-order valence-corrected chi connectivity index (χ2v) is 5.20. The molecule has 1 heterocycles. The van der Waals surface area contributed by atoms with Gasteiger partial charge in [-0.25, -0.2) is 4.79 Å². The third-order valence-corrected chi connectivity index (χ3v) is 3.79. The molecule has 116 valence electrons. The van der Waals surface area contributed by atoms with E-state index >= 15 is 0 Å². The van der Waals surface area contributed by atoms with Gasteiger partial charge in [0.25, 0.3) is 0 Å². The zero-order valence-corrected chi connectivity index (χ0v) is 13.3. The van der Waals surface area contributed by atoms with E-state index in [0.29, 0.717) is 6.54 Å². The van der Waals surface area contributed by atoms with Gasteiger partial charge >= 0.3 is 5.97 Å². The smallest absolute Gasteiger partial charge is 0.328 e.